The van der Waals surface area contributed by atoms with Gasteiger partial charge in [0.1, 0.15) is 6.29 Å². The molecule has 4 N–H and O–H groups in total. The summed E-state index contributed by atoms with van der Waals surface area (Å²) in [4.78, 5) is 32.9. The van der Waals surface area contributed by atoms with Gasteiger partial charge in [-0.25, -0.2) is 9.78 Å². The van der Waals surface area contributed by atoms with Crippen LogP contribution in [0, 0.1) is 5.92 Å². The zero-order valence-corrected chi connectivity index (χ0v) is 14.0. The van der Waals surface area contributed by atoms with Crippen LogP contribution in [-0.4, -0.2) is 64.6 Å². The van der Waals surface area contributed by atoms with Crippen LogP contribution in [0.5, 0.6) is 0 Å². The number of amides is 1. The quantitative estimate of drug-likeness (QED) is 0.679. The predicted molar refractivity (Wildman–Crippen MR) is 94.7 cm³/mol. The molecule has 0 aliphatic carbocycles. The number of anilines is 1. The van der Waals surface area contributed by atoms with Crippen LogP contribution in [0.4, 0.5) is 10.7 Å². The summed E-state index contributed by atoms with van der Waals surface area (Å²) in [5.74, 6) is 1.09. The molecule has 1 aliphatic rings. The summed E-state index contributed by atoms with van der Waals surface area (Å²) in [7, 11) is 0. The third-order valence-electron chi connectivity index (χ3n) is 4.82. The molecule has 0 radical (unpaired) electrons. The summed E-state index contributed by atoms with van der Waals surface area (Å²) in [6, 6.07) is 7.65. The Morgan fingerprint density at radius 1 is 1.44 bits per heavy atom. The number of benzene rings is 1. The number of piperidine rings is 1. The fraction of sp³-hybridized carbons (Fsp3) is 0.471. The van der Waals surface area contributed by atoms with Gasteiger partial charge in [-0.15, -0.1) is 0 Å². The molecule has 0 saturated carbocycles. The standard InChI is InChI=1S/C17H23N5O3/c18-13(11-22(9-10-23)17(24)25)12-5-7-21(8-6-12)16-19-14-3-1-2-4-15(14)20-16/h1-4,10,12-13H,5-9,11,18H2,(H,19,20)(H,24,25). The number of nitrogens with zero attached hydrogens (tertiary/aromatic N) is 3. The lowest BCUT2D eigenvalue weighted by atomic mass is 9.89. The fourth-order valence-electron chi connectivity index (χ4n) is 3.35. The van der Waals surface area contributed by atoms with Crippen molar-refractivity contribution in [1.82, 2.24) is 14.9 Å². The number of carbonyl (C=O) groups excluding carboxylic acids is 1. The normalized spacial score (nSPS) is 16.8. The Morgan fingerprint density at radius 2 is 2.16 bits per heavy atom. The number of fused-ring (bicyclic) bond motifs is 1. The molecule has 1 aliphatic heterocycles. The molecule has 1 amide bonds. The number of aromatic amines is 1. The number of hydrogen-bond donors (Lipinski definition) is 3. The fourth-order valence-corrected chi connectivity index (χ4v) is 3.35. The minimum Gasteiger partial charge on any atom is -0.465 e. The molecule has 1 unspecified atom stereocenters. The molecule has 0 bridgehead atoms. The highest BCUT2D eigenvalue weighted by molar-refractivity contribution is 5.77. The van der Waals surface area contributed by atoms with E-state index in [0.717, 1.165) is 47.8 Å². The van der Waals surface area contributed by atoms with E-state index in [2.05, 4.69) is 14.9 Å². The first-order chi connectivity index (χ1) is 12.1. The number of aromatic nitrogens is 2. The van der Waals surface area contributed by atoms with Crippen LogP contribution in [0.1, 0.15) is 12.8 Å². The van der Waals surface area contributed by atoms with E-state index in [1.807, 2.05) is 24.3 Å². The highest BCUT2D eigenvalue weighted by Crippen LogP contribution is 2.25. The monoisotopic (exact) mass is 345 g/mol. The Hall–Kier alpha value is -2.61. The second-order valence-corrected chi connectivity index (χ2v) is 6.42. The van der Waals surface area contributed by atoms with Crippen molar-refractivity contribution in [2.45, 2.75) is 18.9 Å². The van der Waals surface area contributed by atoms with Crippen molar-refractivity contribution in [3.63, 3.8) is 0 Å². The van der Waals surface area contributed by atoms with Crippen molar-refractivity contribution in [2.75, 3.05) is 31.1 Å². The number of carboxylic acid groups (broad SMARTS) is 1. The third-order valence-corrected chi connectivity index (χ3v) is 4.82. The van der Waals surface area contributed by atoms with Crippen molar-refractivity contribution < 1.29 is 14.7 Å². The van der Waals surface area contributed by atoms with E-state index in [0.29, 0.717) is 6.29 Å². The maximum absolute atomic E-state index is 11.1. The maximum Gasteiger partial charge on any atom is 0.407 e. The molecule has 1 fully saturated rings. The maximum atomic E-state index is 11.1. The Morgan fingerprint density at radius 3 is 2.80 bits per heavy atom. The Labute approximate surface area is 145 Å². The number of nitrogens with two attached hydrogens (primary N) is 1. The van der Waals surface area contributed by atoms with E-state index in [1.165, 1.54) is 0 Å². The zero-order valence-electron chi connectivity index (χ0n) is 14.0. The largest absolute Gasteiger partial charge is 0.465 e. The summed E-state index contributed by atoms with van der Waals surface area (Å²) >= 11 is 0. The van der Waals surface area contributed by atoms with Gasteiger partial charge in [0.15, 0.2) is 0 Å². The molecular formula is C17H23N5O3. The van der Waals surface area contributed by atoms with Crippen LogP contribution >= 0.6 is 0 Å². The molecule has 2 aromatic rings. The highest BCUT2D eigenvalue weighted by Gasteiger charge is 2.27. The smallest absolute Gasteiger partial charge is 0.407 e. The second kappa shape index (κ2) is 7.52. The molecule has 2 heterocycles. The van der Waals surface area contributed by atoms with Crippen LogP contribution in [0.25, 0.3) is 11.0 Å². The lowest BCUT2D eigenvalue weighted by molar-refractivity contribution is -0.108. The van der Waals surface area contributed by atoms with E-state index in [9.17, 15) is 9.59 Å². The number of rotatable bonds is 6. The third kappa shape index (κ3) is 3.90. The molecular weight excluding hydrogens is 322 g/mol. The van der Waals surface area contributed by atoms with Gasteiger partial charge in [-0.1, -0.05) is 12.1 Å². The van der Waals surface area contributed by atoms with E-state index in [1.54, 1.807) is 0 Å². The minimum atomic E-state index is -1.11. The average Bonchev–Trinajstić information content (AvgIpc) is 3.05. The molecule has 0 spiro atoms. The molecule has 134 valence electrons. The van der Waals surface area contributed by atoms with Gasteiger partial charge < -0.3 is 25.5 Å². The molecule has 1 saturated heterocycles. The summed E-state index contributed by atoms with van der Waals surface area (Å²) in [5, 5.41) is 9.10. The van der Waals surface area contributed by atoms with Crippen LogP contribution in [0.2, 0.25) is 0 Å². The number of nitrogens with one attached hydrogen (secondary N) is 1. The molecule has 1 aromatic heterocycles. The number of H-pyrrole nitrogens is 1. The lowest BCUT2D eigenvalue weighted by Crippen LogP contribution is -2.48. The SMILES string of the molecule is NC(CN(CC=O)C(=O)O)C1CCN(c2nc3ccccc3[nH]2)CC1. The first kappa shape index (κ1) is 17.2. The number of imidazole rings is 1. The van der Waals surface area contributed by atoms with Crippen molar-refractivity contribution in [3.05, 3.63) is 24.3 Å². The van der Waals surface area contributed by atoms with Gasteiger partial charge in [0.2, 0.25) is 5.95 Å². The van der Waals surface area contributed by atoms with Gasteiger partial charge in [-0.3, -0.25) is 4.90 Å². The number of aldehydes is 1. The predicted octanol–water partition coefficient (Wildman–Crippen LogP) is 1.29. The van der Waals surface area contributed by atoms with Crippen molar-refractivity contribution >= 4 is 29.4 Å². The van der Waals surface area contributed by atoms with Crippen LogP contribution in [0.15, 0.2) is 24.3 Å². The lowest BCUT2D eigenvalue weighted by Gasteiger charge is -2.35. The Kier molecular flexibility index (Phi) is 5.18. The van der Waals surface area contributed by atoms with Gasteiger partial charge in [0.25, 0.3) is 0 Å². The molecule has 1 aromatic carbocycles. The van der Waals surface area contributed by atoms with Crippen molar-refractivity contribution in [3.8, 4) is 0 Å². The molecule has 1 atom stereocenters. The zero-order chi connectivity index (χ0) is 17.8. The van der Waals surface area contributed by atoms with Gasteiger partial charge in [-0.05, 0) is 30.9 Å². The average molecular weight is 345 g/mol. The van der Waals surface area contributed by atoms with Gasteiger partial charge in [-0.2, -0.15) is 0 Å². The molecule has 25 heavy (non-hydrogen) atoms. The number of para-hydroxylation sites is 2. The highest BCUT2D eigenvalue weighted by atomic mass is 16.4. The van der Waals surface area contributed by atoms with Crippen LogP contribution < -0.4 is 10.6 Å². The van der Waals surface area contributed by atoms with Crippen molar-refractivity contribution in [2.24, 2.45) is 11.7 Å². The summed E-state index contributed by atoms with van der Waals surface area (Å²) in [6.45, 7) is 1.68. The first-order valence-electron chi connectivity index (χ1n) is 8.45. The molecule has 3 rings (SSSR count). The summed E-state index contributed by atoms with van der Waals surface area (Å²) in [5.41, 5.74) is 8.16. The summed E-state index contributed by atoms with van der Waals surface area (Å²) < 4.78 is 0. The van der Waals surface area contributed by atoms with E-state index >= 15 is 0 Å². The van der Waals surface area contributed by atoms with E-state index in [-0.39, 0.29) is 25.0 Å². The number of carbonyl (C=O) groups is 2. The second-order valence-electron chi connectivity index (χ2n) is 6.42. The van der Waals surface area contributed by atoms with Gasteiger partial charge in [0.05, 0.1) is 17.6 Å². The van der Waals surface area contributed by atoms with Crippen LogP contribution in [0.3, 0.4) is 0 Å². The Balaban J connectivity index is 1.57. The summed E-state index contributed by atoms with van der Waals surface area (Å²) in [6.07, 6.45) is 1.21. The van der Waals surface area contributed by atoms with E-state index < -0.39 is 6.09 Å². The molecule has 8 nitrogen and oxygen atoms in total. The topological polar surface area (TPSA) is 116 Å². The van der Waals surface area contributed by atoms with Crippen molar-refractivity contribution in [1.29, 1.82) is 0 Å². The van der Waals surface area contributed by atoms with Gasteiger partial charge in [0, 0.05) is 25.7 Å². The number of hydrogen-bond acceptors (Lipinski definition) is 5. The Bertz CT molecular complexity index is 706. The van der Waals surface area contributed by atoms with Crippen LogP contribution in [-0.2, 0) is 4.79 Å². The van der Waals surface area contributed by atoms with Gasteiger partial charge >= 0.3 is 6.09 Å². The minimum absolute atomic E-state index is 0.138. The first-order valence-corrected chi connectivity index (χ1v) is 8.45. The molecule has 8 heteroatoms. The van der Waals surface area contributed by atoms with E-state index in [4.69, 9.17) is 10.8 Å².